The lowest BCUT2D eigenvalue weighted by molar-refractivity contribution is 0.786. The Morgan fingerprint density at radius 3 is 3.00 bits per heavy atom. The van der Waals surface area contributed by atoms with Crippen LogP contribution in [0.1, 0.15) is 42.9 Å². The van der Waals surface area contributed by atoms with E-state index in [0.29, 0.717) is 0 Å². The summed E-state index contributed by atoms with van der Waals surface area (Å²) in [6, 6.07) is 6.85. The molecule has 2 rings (SSSR count). The van der Waals surface area contributed by atoms with Crippen molar-refractivity contribution in [1.82, 2.24) is 0 Å². The van der Waals surface area contributed by atoms with Crippen molar-refractivity contribution >= 4 is 0 Å². The number of benzene rings is 1. The van der Waals surface area contributed by atoms with Crippen LogP contribution < -0.4 is 0 Å². The Bertz CT molecular complexity index is 286. The van der Waals surface area contributed by atoms with Crippen LogP contribution in [0.5, 0.6) is 0 Å². The van der Waals surface area contributed by atoms with Crippen LogP contribution in [-0.4, -0.2) is 0 Å². The third-order valence-corrected chi connectivity index (χ3v) is 3.04. The average Bonchev–Trinajstić information content (AvgIpc) is 2.62. The molecule has 0 saturated heterocycles. The molecule has 0 heteroatoms. The molecule has 0 spiro atoms. The van der Waals surface area contributed by atoms with Gasteiger partial charge in [0.2, 0.25) is 0 Å². The van der Waals surface area contributed by atoms with Crippen molar-refractivity contribution in [3.05, 3.63) is 34.9 Å². The first-order valence-corrected chi connectivity index (χ1v) is 5.51. The first-order valence-electron chi connectivity index (χ1n) is 5.51. The lowest BCUT2D eigenvalue weighted by Crippen LogP contribution is -1.92. The summed E-state index contributed by atoms with van der Waals surface area (Å²) in [5, 5.41) is 0. The summed E-state index contributed by atoms with van der Waals surface area (Å²) in [6.45, 7) is 2.27. The van der Waals surface area contributed by atoms with Crippen molar-refractivity contribution in [2.45, 2.75) is 45.4 Å². The molecule has 0 nitrogen and oxygen atoms in total. The molecular formula is C13H18. The third kappa shape index (κ3) is 1.77. The van der Waals surface area contributed by atoms with E-state index in [1.807, 2.05) is 0 Å². The Morgan fingerprint density at radius 1 is 1.23 bits per heavy atom. The first-order chi connectivity index (χ1) is 6.42. The van der Waals surface area contributed by atoms with Gasteiger partial charge in [-0.25, -0.2) is 0 Å². The monoisotopic (exact) mass is 174 g/mol. The number of rotatable bonds is 3. The molecule has 70 valence electrons. The van der Waals surface area contributed by atoms with Crippen molar-refractivity contribution in [2.75, 3.05) is 0 Å². The lowest BCUT2D eigenvalue weighted by atomic mass is 9.99. The fourth-order valence-corrected chi connectivity index (χ4v) is 2.30. The minimum atomic E-state index is 1.29. The predicted octanol–water partition coefficient (Wildman–Crippen LogP) is 3.52. The van der Waals surface area contributed by atoms with E-state index in [9.17, 15) is 0 Å². The van der Waals surface area contributed by atoms with E-state index < -0.39 is 0 Å². The minimum absolute atomic E-state index is 1.29. The highest BCUT2D eigenvalue weighted by Gasteiger charge is 2.13. The zero-order valence-electron chi connectivity index (χ0n) is 8.47. The van der Waals surface area contributed by atoms with Crippen LogP contribution in [0.3, 0.4) is 0 Å². The predicted molar refractivity (Wildman–Crippen MR) is 57.1 cm³/mol. The van der Waals surface area contributed by atoms with Crippen LogP contribution in [0.15, 0.2) is 18.2 Å². The second-order valence-electron chi connectivity index (χ2n) is 4.01. The minimum Gasteiger partial charge on any atom is -0.0654 e. The van der Waals surface area contributed by atoms with Crippen molar-refractivity contribution < 1.29 is 0 Å². The van der Waals surface area contributed by atoms with Gasteiger partial charge in [-0.3, -0.25) is 0 Å². The molecule has 1 aromatic rings. The van der Waals surface area contributed by atoms with E-state index in [2.05, 4.69) is 25.1 Å². The fourth-order valence-electron chi connectivity index (χ4n) is 2.30. The highest BCUT2D eigenvalue weighted by molar-refractivity contribution is 5.38. The molecule has 1 aliphatic rings. The highest BCUT2D eigenvalue weighted by atomic mass is 14.2. The van der Waals surface area contributed by atoms with Crippen LogP contribution in [-0.2, 0) is 19.3 Å². The van der Waals surface area contributed by atoms with Gasteiger partial charge in [0.25, 0.3) is 0 Å². The normalized spacial score (nSPS) is 14.5. The summed E-state index contributed by atoms with van der Waals surface area (Å²) in [5.74, 6) is 0. The fraction of sp³-hybridized carbons (Fsp3) is 0.538. The second kappa shape index (κ2) is 3.95. The van der Waals surface area contributed by atoms with E-state index in [4.69, 9.17) is 0 Å². The zero-order chi connectivity index (χ0) is 9.10. The molecule has 13 heavy (non-hydrogen) atoms. The topological polar surface area (TPSA) is 0 Å². The maximum Gasteiger partial charge on any atom is -0.0270 e. The number of hydrogen-bond donors (Lipinski definition) is 0. The van der Waals surface area contributed by atoms with Crippen LogP contribution in [0.25, 0.3) is 0 Å². The van der Waals surface area contributed by atoms with Gasteiger partial charge in [-0.05, 0) is 48.8 Å². The van der Waals surface area contributed by atoms with E-state index in [1.165, 1.54) is 38.5 Å². The first kappa shape index (κ1) is 8.80. The summed E-state index contributed by atoms with van der Waals surface area (Å²) >= 11 is 0. The van der Waals surface area contributed by atoms with Crippen molar-refractivity contribution in [3.63, 3.8) is 0 Å². The average molecular weight is 174 g/mol. The van der Waals surface area contributed by atoms with Gasteiger partial charge in [0.05, 0.1) is 0 Å². The molecule has 0 radical (unpaired) electrons. The van der Waals surface area contributed by atoms with Crippen LogP contribution in [0.2, 0.25) is 0 Å². The van der Waals surface area contributed by atoms with Gasteiger partial charge < -0.3 is 0 Å². The number of aryl methyl sites for hydroxylation is 2. The molecule has 1 aliphatic carbocycles. The summed E-state index contributed by atoms with van der Waals surface area (Å²) in [7, 11) is 0. The molecule has 0 atom stereocenters. The van der Waals surface area contributed by atoms with Crippen LogP contribution in [0.4, 0.5) is 0 Å². The summed E-state index contributed by atoms with van der Waals surface area (Å²) < 4.78 is 0. The maximum absolute atomic E-state index is 2.32. The van der Waals surface area contributed by atoms with Gasteiger partial charge in [0.15, 0.2) is 0 Å². The Balaban J connectivity index is 2.20. The quantitative estimate of drug-likeness (QED) is 0.657. The summed E-state index contributed by atoms with van der Waals surface area (Å²) in [4.78, 5) is 0. The van der Waals surface area contributed by atoms with Crippen molar-refractivity contribution in [2.24, 2.45) is 0 Å². The molecule has 0 fully saturated rings. The Labute approximate surface area is 81.0 Å². The lowest BCUT2D eigenvalue weighted by Gasteiger charge is -2.06. The van der Waals surface area contributed by atoms with Crippen molar-refractivity contribution in [1.29, 1.82) is 0 Å². The molecular weight excluding hydrogens is 156 g/mol. The maximum atomic E-state index is 2.32. The van der Waals surface area contributed by atoms with Crippen LogP contribution >= 0.6 is 0 Å². The summed E-state index contributed by atoms with van der Waals surface area (Å²) in [6.07, 6.45) is 7.96. The molecule has 0 amide bonds. The van der Waals surface area contributed by atoms with Gasteiger partial charge >= 0.3 is 0 Å². The molecule has 0 aliphatic heterocycles. The Hall–Kier alpha value is -0.780. The molecule has 1 aromatic carbocycles. The molecule has 0 aromatic heterocycles. The van der Waals surface area contributed by atoms with E-state index >= 15 is 0 Å². The third-order valence-electron chi connectivity index (χ3n) is 3.04. The van der Waals surface area contributed by atoms with Crippen LogP contribution in [0, 0.1) is 0 Å². The summed E-state index contributed by atoms with van der Waals surface area (Å²) in [5.41, 5.74) is 4.92. The van der Waals surface area contributed by atoms with E-state index in [-0.39, 0.29) is 0 Å². The van der Waals surface area contributed by atoms with Gasteiger partial charge in [-0.2, -0.15) is 0 Å². The Kier molecular flexibility index (Phi) is 2.68. The van der Waals surface area contributed by atoms with E-state index in [0.717, 1.165) is 0 Å². The molecule has 0 saturated carbocycles. The molecule has 0 heterocycles. The number of fused-ring (bicyclic) bond motifs is 1. The molecule has 0 unspecified atom stereocenters. The SMILES string of the molecule is CCCCc1cccc2c1CCC2. The highest BCUT2D eigenvalue weighted by Crippen LogP contribution is 2.26. The second-order valence-corrected chi connectivity index (χ2v) is 4.01. The van der Waals surface area contributed by atoms with Gasteiger partial charge in [0, 0.05) is 0 Å². The number of unbranched alkanes of at least 4 members (excludes halogenated alkanes) is 1. The van der Waals surface area contributed by atoms with Gasteiger partial charge in [-0.15, -0.1) is 0 Å². The standard InChI is InChI=1S/C13H18/c1-2-3-6-11-7-4-8-12-9-5-10-13(11)12/h4,7-8H,2-3,5-6,9-10H2,1H3. The number of hydrogen-bond acceptors (Lipinski definition) is 0. The smallest absolute Gasteiger partial charge is 0.0270 e. The zero-order valence-corrected chi connectivity index (χ0v) is 8.47. The van der Waals surface area contributed by atoms with Gasteiger partial charge in [0.1, 0.15) is 0 Å². The molecule has 0 bridgehead atoms. The van der Waals surface area contributed by atoms with Crippen molar-refractivity contribution in [3.8, 4) is 0 Å². The largest absolute Gasteiger partial charge is 0.0654 e. The van der Waals surface area contributed by atoms with E-state index in [1.54, 1.807) is 16.7 Å². The van der Waals surface area contributed by atoms with Gasteiger partial charge in [-0.1, -0.05) is 31.5 Å². The molecule has 0 N–H and O–H groups in total. The Morgan fingerprint density at radius 2 is 2.15 bits per heavy atom.